The minimum Gasteiger partial charge on any atom is -0.408 e. The van der Waals surface area contributed by atoms with Gasteiger partial charge in [0.1, 0.15) is 11.2 Å². The molecule has 2 heterocycles. The lowest BCUT2D eigenvalue weighted by Crippen LogP contribution is -2.05. The van der Waals surface area contributed by atoms with Gasteiger partial charge in [0.2, 0.25) is 0 Å². The van der Waals surface area contributed by atoms with Crippen molar-refractivity contribution in [2.75, 3.05) is 11.6 Å². The van der Waals surface area contributed by atoms with E-state index < -0.39 is 8.16 Å². The Morgan fingerprint density at radius 1 is 0.750 bits per heavy atom. The SMILES string of the molecule is c1ccc(CCNp2oc3ccc4c(c3c3c5c(ccc3o2)CCCC5)CCCC4)nc1. The van der Waals surface area contributed by atoms with Crippen LogP contribution in [0.1, 0.15) is 53.6 Å². The molecule has 0 saturated heterocycles. The van der Waals surface area contributed by atoms with Gasteiger partial charge < -0.3 is 8.39 Å². The van der Waals surface area contributed by atoms with Gasteiger partial charge in [-0.25, -0.2) is 5.09 Å². The van der Waals surface area contributed by atoms with Gasteiger partial charge in [0.25, 0.3) is 0 Å². The summed E-state index contributed by atoms with van der Waals surface area (Å²) in [6, 6.07) is 15.0. The highest BCUT2D eigenvalue weighted by molar-refractivity contribution is 7.38. The zero-order chi connectivity index (χ0) is 21.3. The molecule has 2 aromatic carbocycles. The van der Waals surface area contributed by atoms with Crippen LogP contribution in [0.4, 0.5) is 0 Å². The topological polar surface area (TPSA) is 51.2 Å². The average molecular weight is 445 g/mol. The lowest BCUT2D eigenvalue weighted by Gasteiger charge is -2.20. The highest BCUT2D eigenvalue weighted by Crippen LogP contribution is 2.41. The van der Waals surface area contributed by atoms with Crippen LogP contribution in [-0.2, 0) is 32.1 Å². The first-order valence-corrected chi connectivity index (χ1v) is 13.1. The third kappa shape index (κ3) is 3.76. The van der Waals surface area contributed by atoms with E-state index in [1.54, 1.807) is 0 Å². The molecule has 0 spiro atoms. The van der Waals surface area contributed by atoms with E-state index in [0.717, 1.165) is 42.7 Å². The summed E-state index contributed by atoms with van der Waals surface area (Å²) < 4.78 is 13.1. The first kappa shape index (κ1) is 20.1. The largest absolute Gasteiger partial charge is 0.408 e. The lowest BCUT2D eigenvalue weighted by atomic mass is 9.84. The molecule has 0 bridgehead atoms. The molecule has 0 amide bonds. The molecule has 4 aromatic rings. The second-order valence-electron chi connectivity index (χ2n) is 8.99. The molecule has 4 nitrogen and oxygen atoms in total. The van der Waals surface area contributed by atoms with Crippen molar-refractivity contribution >= 4 is 30.1 Å². The highest BCUT2D eigenvalue weighted by atomic mass is 31.1. The summed E-state index contributed by atoms with van der Waals surface area (Å²) in [7, 11) is -1.27. The number of nitrogens with zero attached hydrogens (tertiary/aromatic N) is 1. The summed E-state index contributed by atoms with van der Waals surface area (Å²) in [6.45, 7) is 0.767. The standard InChI is InChI=1S/C27H29N2O2P/c1-3-10-22-19(7-1)12-14-24-26(22)27-23-11-4-2-8-20(23)13-15-25(27)31-32(30-24)29-18-16-21-9-5-6-17-28-21/h5-6,9,12-15,17,29H,1-4,7-8,10-11,16,18H2. The minimum atomic E-state index is -1.27. The van der Waals surface area contributed by atoms with E-state index in [1.807, 2.05) is 18.3 Å². The van der Waals surface area contributed by atoms with Crippen molar-refractivity contribution in [2.24, 2.45) is 0 Å². The number of aromatic nitrogens is 1. The molecule has 0 saturated carbocycles. The quantitative estimate of drug-likeness (QED) is 0.361. The van der Waals surface area contributed by atoms with Crippen molar-refractivity contribution in [3.05, 3.63) is 76.6 Å². The Morgan fingerprint density at radius 3 is 1.97 bits per heavy atom. The van der Waals surface area contributed by atoms with E-state index in [0.29, 0.717) is 0 Å². The molecule has 0 atom stereocenters. The van der Waals surface area contributed by atoms with Gasteiger partial charge in [0, 0.05) is 35.6 Å². The molecule has 0 aliphatic heterocycles. The first-order chi connectivity index (χ1) is 15.9. The average Bonchev–Trinajstić information content (AvgIpc) is 3.01. The summed E-state index contributed by atoms with van der Waals surface area (Å²) in [6.07, 6.45) is 12.4. The Balaban J connectivity index is 1.52. The zero-order valence-electron chi connectivity index (χ0n) is 18.4. The maximum atomic E-state index is 6.55. The molecule has 164 valence electrons. The monoisotopic (exact) mass is 444 g/mol. The van der Waals surface area contributed by atoms with Crippen LogP contribution in [-0.4, -0.2) is 11.5 Å². The second kappa shape index (κ2) is 8.77. The fourth-order valence-electron chi connectivity index (χ4n) is 5.40. The van der Waals surface area contributed by atoms with E-state index >= 15 is 0 Å². The van der Waals surface area contributed by atoms with E-state index in [-0.39, 0.29) is 0 Å². The normalized spacial score (nSPS) is 15.5. The Labute approximate surface area is 189 Å². The molecular weight excluding hydrogens is 415 g/mol. The van der Waals surface area contributed by atoms with E-state index in [1.165, 1.54) is 71.6 Å². The third-order valence-electron chi connectivity index (χ3n) is 6.95. The Bertz CT molecular complexity index is 1240. The maximum absolute atomic E-state index is 6.55. The van der Waals surface area contributed by atoms with Crippen molar-refractivity contribution in [1.82, 2.24) is 4.98 Å². The maximum Gasteiger partial charge on any atom is 0.306 e. The Morgan fingerprint density at radius 2 is 1.38 bits per heavy atom. The number of nitrogens with one attached hydrogen (secondary N) is 1. The van der Waals surface area contributed by atoms with E-state index in [9.17, 15) is 0 Å². The van der Waals surface area contributed by atoms with Gasteiger partial charge in [-0.15, -0.1) is 0 Å². The Hall–Kier alpha value is -2.55. The number of benzene rings is 2. The zero-order valence-corrected chi connectivity index (χ0v) is 19.3. The summed E-state index contributed by atoms with van der Waals surface area (Å²) in [4.78, 5) is 4.43. The molecule has 0 unspecified atom stereocenters. The summed E-state index contributed by atoms with van der Waals surface area (Å²) >= 11 is 0. The van der Waals surface area contributed by atoms with Crippen molar-refractivity contribution in [1.29, 1.82) is 0 Å². The molecule has 2 aliphatic carbocycles. The van der Waals surface area contributed by atoms with Crippen LogP contribution in [0.5, 0.6) is 0 Å². The van der Waals surface area contributed by atoms with Crippen LogP contribution in [0.15, 0.2) is 57.1 Å². The van der Waals surface area contributed by atoms with E-state index in [2.05, 4.69) is 40.4 Å². The van der Waals surface area contributed by atoms with Gasteiger partial charge >= 0.3 is 8.16 Å². The van der Waals surface area contributed by atoms with Gasteiger partial charge in [-0.2, -0.15) is 0 Å². The van der Waals surface area contributed by atoms with Crippen LogP contribution >= 0.6 is 8.16 Å². The molecule has 0 radical (unpaired) electrons. The van der Waals surface area contributed by atoms with Crippen molar-refractivity contribution in [3.63, 3.8) is 0 Å². The Kier molecular flexibility index (Phi) is 5.50. The van der Waals surface area contributed by atoms with Crippen LogP contribution in [0.2, 0.25) is 0 Å². The van der Waals surface area contributed by atoms with Crippen LogP contribution < -0.4 is 5.09 Å². The molecule has 5 heteroatoms. The first-order valence-electron chi connectivity index (χ1n) is 12.0. The molecule has 2 aromatic heterocycles. The predicted molar refractivity (Wildman–Crippen MR) is 132 cm³/mol. The number of pyridine rings is 1. The summed E-state index contributed by atoms with van der Waals surface area (Å²) in [5.74, 6) is 0. The van der Waals surface area contributed by atoms with Gasteiger partial charge in [-0.3, -0.25) is 4.98 Å². The third-order valence-corrected chi connectivity index (χ3v) is 8.16. The minimum absolute atomic E-state index is 0.767. The van der Waals surface area contributed by atoms with Crippen LogP contribution in [0.3, 0.4) is 0 Å². The molecule has 6 rings (SSSR count). The van der Waals surface area contributed by atoms with Crippen LogP contribution in [0, 0.1) is 0 Å². The smallest absolute Gasteiger partial charge is 0.306 e. The fourth-order valence-corrected chi connectivity index (χ4v) is 6.52. The molecule has 0 fully saturated rings. The highest BCUT2D eigenvalue weighted by Gasteiger charge is 2.21. The number of fused-ring (bicyclic) bond motifs is 7. The molecule has 1 N–H and O–H groups in total. The van der Waals surface area contributed by atoms with Gasteiger partial charge in [-0.05, 0) is 97.9 Å². The van der Waals surface area contributed by atoms with Crippen molar-refractivity contribution < 1.29 is 8.39 Å². The van der Waals surface area contributed by atoms with Gasteiger partial charge in [0.15, 0.2) is 0 Å². The van der Waals surface area contributed by atoms with Crippen LogP contribution in [0.25, 0.3) is 21.9 Å². The van der Waals surface area contributed by atoms with Crippen molar-refractivity contribution in [3.8, 4) is 0 Å². The number of hydrogen-bond donors (Lipinski definition) is 1. The number of aryl methyl sites for hydroxylation is 4. The second-order valence-corrected chi connectivity index (χ2v) is 10.2. The number of rotatable bonds is 4. The van der Waals surface area contributed by atoms with Crippen molar-refractivity contribution in [2.45, 2.75) is 57.8 Å². The number of hydrogen-bond acceptors (Lipinski definition) is 4. The van der Waals surface area contributed by atoms with E-state index in [4.69, 9.17) is 8.39 Å². The molecule has 2 aliphatic rings. The summed E-state index contributed by atoms with van der Waals surface area (Å²) in [5.41, 5.74) is 9.01. The fraction of sp³-hybridized carbons (Fsp3) is 0.370. The predicted octanol–water partition coefficient (Wildman–Crippen LogP) is 7.23. The van der Waals surface area contributed by atoms with Gasteiger partial charge in [-0.1, -0.05) is 18.2 Å². The molecular formula is C27H29N2O2P. The molecule has 32 heavy (non-hydrogen) atoms. The lowest BCUT2D eigenvalue weighted by molar-refractivity contribution is 0.639. The van der Waals surface area contributed by atoms with Gasteiger partial charge in [0.05, 0.1) is 0 Å². The summed E-state index contributed by atoms with van der Waals surface area (Å²) in [5, 5.41) is 6.16.